The summed E-state index contributed by atoms with van der Waals surface area (Å²) < 4.78 is 22.7. The molecule has 0 aliphatic carbocycles. The Kier molecular flexibility index (Phi) is 3.91. The lowest BCUT2D eigenvalue weighted by Crippen LogP contribution is -2.47. The van der Waals surface area contributed by atoms with E-state index in [4.69, 9.17) is 0 Å². The number of piperazine rings is 1. The summed E-state index contributed by atoms with van der Waals surface area (Å²) in [6.07, 6.45) is 1.16. The van der Waals surface area contributed by atoms with Crippen molar-refractivity contribution in [1.29, 1.82) is 0 Å². The molecule has 0 bridgehead atoms. The van der Waals surface area contributed by atoms with Gasteiger partial charge in [-0.25, -0.2) is 8.42 Å². The number of likely N-dealkylation sites (N-methyl/N-ethyl adjacent to an activating group) is 1. The SMILES string of the molecule is CN1CCN(C(=O)c2ccc(S(C)(=O)=O)cc2)CC1. The molecule has 6 heteroatoms. The second kappa shape index (κ2) is 5.30. The molecular weight excluding hydrogens is 264 g/mol. The Morgan fingerprint density at radius 3 is 2.05 bits per heavy atom. The Labute approximate surface area is 113 Å². The first kappa shape index (κ1) is 14.0. The maximum Gasteiger partial charge on any atom is 0.253 e. The molecule has 5 nitrogen and oxygen atoms in total. The molecule has 0 N–H and O–H groups in total. The van der Waals surface area contributed by atoms with Crippen molar-refractivity contribution in [2.24, 2.45) is 0 Å². The number of carbonyl (C=O) groups is 1. The minimum absolute atomic E-state index is 0.0341. The van der Waals surface area contributed by atoms with Gasteiger partial charge in [-0.15, -0.1) is 0 Å². The van der Waals surface area contributed by atoms with Gasteiger partial charge in [0, 0.05) is 38.0 Å². The molecule has 1 aromatic rings. The Morgan fingerprint density at radius 1 is 1.05 bits per heavy atom. The fourth-order valence-corrected chi connectivity index (χ4v) is 2.67. The van der Waals surface area contributed by atoms with Crippen molar-refractivity contribution in [1.82, 2.24) is 9.80 Å². The molecule has 0 spiro atoms. The van der Waals surface area contributed by atoms with Crippen molar-refractivity contribution in [2.75, 3.05) is 39.5 Å². The minimum atomic E-state index is -3.21. The number of carbonyl (C=O) groups excluding carboxylic acids is 1. The van der Waals surface area contributed by atoms with Crippen LogP contribution < -0.4 is 0 Å². The number of nitrogens with zero attached hydrogens (tertiary/aromatic N) is 2. The van der Waals surface area contributed by atoms with E-state index in [0.29, 0.717) is 18.7 Å². The first-order chi connectivity index (χ1) is 8.88. The summed E-state index contributed by atoms with van der Waals surface area (Å²) in [7, 11) is -1.18. The smallest absolute Gasteiger partial charge is 0.253 e. The van der Waals surface area contributed by atoms with Crippen LogP contribution in [0.3, 0.4) is 0 Å². The zero-order valence-corrected chi connectivity index (χ0v) is 12.0. The molecule has 0 aromatic heterocycles. The molecule has 0 atom stereocenters. The molecule has 1 fully saturated rings. The van der Waals surface area contributed by atoms with Crippen LogP contribution in [0.15, 0.2) is 29.2 Å². The van der Waals surface area contributed by atoms with Crippen LogP contribution in [-0.4, -0.2) is 63.6 Å². The summed E-state index contributed by atoms with van der Waals surface area (Å²) in [6.45, 7) is 3.16. The van der Waals surface area contributed by atoms with E-state index in [0.717, 1.165) is 19.3 Å². The molecule has 19 heavy (non-hydrogen) atoms. The molecule has 1 aliphatic heterocycles. The molecule has 1 saturated heterocycles. The van der Waals surface area contributed by atoms with E-state index < -0.39 is 9.84 Å². The average molecular weight is 282 g/mol. The van der Waals surface area contributed by atoms with Crippen molar-refractivity contribution in [3.05, 3.63) is 29.8 Å². The Hall–Kier alpha value is -1.40. The van der Waals surface area contributed by atoms with Gasteiger partial charge in [-0.1, -0.05) is 0 Å². The predicted molar refractivity (Wildman–Crippen MR) is 73.0 cm³/mol. The number of hydrogen-bond donors (Lipinski definition) is 0. The fraction of sp³-hybridized carbons (Fsp3) is 0.462. The van der Waals surface area contributed by atoms with Gasteiger partial charge in [0.1, 0.15) is 0 Å². The van der Waals surface area contributed by atoms with E-state index in [-0.39, 0.29) is 10.8 Å². The number of sulfone groups is 1. The van der Waals surface area contributed by atoms with Gasteiger partial charge in [0.15, 0.2) is 9.84 Å². The van der Waals surface area contributed by atoms with E-state index in [1.807, 2.05) is 7.05 Å². The Bertz CT molecular complexity index is 558. The molecule has 0 saturated carbocycles. The third-order valence-corrected chi connectivity index (χ3v) is 4.45. The van der Waals surface area contributed by atoms with E-state index in [1.165, 1.54) is 12.1 Å². The quantitative estimate of drug-likeness (QED) is 0.791. The van der Waals surface area contributed by atoms with Crippen LogP contribution in [0.1, 0.15) is 10.4 Å². The first-order valence-corrected chi connectivity index (χ1v) is 8.05. The second-order valence-electron chi connectivity index (χ2n) is 4.89. The standard InChI is InChI=1S/C13H18N2O3S/c1-14-7-9-15(10-8-14)13(16)11-3-5-12(6-4-11)19(2,17)18/h3-6H,7-10H2,1-2H3. The van der Waals surface area contributed by atoms with Gasteiger partial charge in [0.2, 0.25) is 0 Å². The molecule has 104 valence electrons. The van der Waals surface area contributed by atoms with Gasteiger partial charge < -0.3 is 9.80 Å². The summed E-state index contributed by atoms with van der Waals surface area (Å²) in [5, 5.41) is 0. The molecule has 0 unspecified atom stereocenters. The van der Waals surface area contributed by atoms with Crippen LogP contribution in [0.25, 0.3) is 0 Å². The Morgan fingerprint density at radius 2 is 1.58 bits per heavy atom. The van der Waals surface area contributed by atoms with Crippen LogP contribution >= 0.6 is 0 Å². The monoisotopic (exact) mass is 282 g/mol. The largest absolute Gasteiger partial charge is 0.336 e. The molecule has 1 heterocycles. The van der Waals surface area contributed by atoms with Crippen molar-refractivity contribution in [3.8, 4) is 0 Å². The molecule has 0 radical (unpaired) electrons. The average Bonchev–Trinajstić information content (AvgIpc) is 2.38. The molecule has 1 amide bonds. The lowest BCUT2D eigenvalue weighted by molar-refractivity contribution is 0.0664. The predicted octanol–water partition coefficient (Wildman–Crippen LogP) is 0.478. The number of benzene rings is 1. The van der Waals surface area contributed by atoms with Crippen molar-refractivity contribution >= 4 is 15.7 Å². The first-order valence-electron chi connectivity index (χ1n) is 6.16. The zero-order valence-electron chi connectivity index (χ0n) is 11.2. The number of rotatable bonds is 2. The summed E-state index contributed by atoms with van der Waals surface area (Å²) in [6, 6.07) is 6.13. The number of amides is 1. The lowest BCUT2D eigenvalue weighted by atomic mass is 10.2. The van der Waals surface area contributed by atoms with Gasteiger partial charge in [0.05, 0.1) is 4.90 Å². The summed E-state index contributed by atoms with van der Waals surface area (Å²) in [5.74, 6) is -0.0341. The van der Waals surface area contributed by atoms with Gasteiger partial charge >= 0.3 is 0 Å². The van der Waals surface area contributed by atoms with Crippen molar-refractivity contribution in [3.63, 3.8) is 0 Å². The van der Waals surface area contributed by atoms with E-state index in [1.54, 1.807) is 17.0 Å². The number of hydrogen-bond acceptors (Lipinski definition) is 4. The van der Waals surface area contributed by atoms with E-state index in [9.17, 15) is 13.2 Å². The van der Waals surface area contributed by atoms with Crippen LogP contribution in [0.5, 0.6) is 0 Å². The van der Waals surface area contributed by atoms with Crippen LogP contribution in [0.2, 0.25) is 0 Å². The highest BCUT2D eigenvalue weighted by atomic mass is 32.2. The summed E-state index contributed by atoms with van der Waals surface area (Å²) in [4.78, 5) is 16.4. The third-order valence-electron chi connectivity index (χ3n) is 3.32. The summed E-state index contributed by atoms with van der Waals surface area (Å²) >= 11 is 0. The van der Waals surface area contributed by atoms with Crippen LogP contribution in [-0.2, 0) is 9.84 Å². The van der Waals surface area contributed by atoms with Gasteiger partial charge in [-0.3, -0.25) is 4.79 Å². The van der Waals surface area contributed by atoms with Crippen LogP contribution in [0, 0.1) is 0 Å². The molecular formula is C13H18N2O3S. The Balaban J connectivity index is 2.12. The van der Waals surface area contributed by atoms with Gasteiger partial charge in [-0.2, -0.15) is 0 Å². The van der Waals surface area contributed by atoms with Gasteiger partial charge in [-0.05, 0) is 31.3 Å². The molecule has 1 aliphatic rings. The van der Waals surface area contributed by atoms with Gasteiger partial charge in [0.25, 0.3) is 5.91 Å². The third kappa shape index (κ3) is 3.33. The van der Waals surface area contributed by atoms with Crippen molar-refractivity contribution in [2.45, 2.75) is 4.90 Å². The van der Waals surface area contributed by atoms with Crippen LogP contribution in [0.4, 0.5) is 0 Å². The molecule has 2 rings (SSSR count). The highest BCUT2D eigenvalue weighted by Gasteiger charge is 2.20. The maximum absolute atomic E-state index is 12.2. The summed E-state index contributed by atoms with van der Waals surface area (Å²) in [5.41, 5.74) is 0.539. The highest BCUT2D eigenvalue weighted by Crippen LogP contribution is 2.13. The van der Waals surface area contributed by atoms with E-state index >= 15 is 0 Å². The second-order valence-corrected chi connectivity index (χ2v) is 6.91. The normalized spacial score (nSPS) is 17.5. The van der Waals surface area contributed by atoms with E-state index in [2.05, 4.69) is 4.90 Å². The maximum atomic E-state index is 12.2. The highest BCUT2D eigenvalue weighted by molar-refractivity contribution is 7.90. The fourth-order valence-electron chi connectivity index (χ4n) is 2.04. The lowest BCUT2D eigenvalue weighted by Gasteiger charge is -2.32. The minimum Gasteiger partial charge on any atom is -0.336 e. The zero-order chi connectivity index (χ0) is 14.0. The molecule has 1 aromatic carbocycles. The topological polar surface area (TPSA) is 57.7 Å². The van der Waals surface area contributed by atoms with Crippen molar-refractivity contribution < 1.29 is 13.2 Å².